The van der Waals surface area contributed by atoms with E-state index in [0.29, 0.717) is 17.4 Å². The summed E-state index contributed by atoms with van der Waals surface area (Å²) in [6.45, 7) is 0.582. The number of aliphatic imine (C=N–C) groups is 1. The number of hydrogen-bond donors (Lipinski definition) is 3. The van der Waals surface area contributed by atoms with Gasteiger partial charge in [0.05, 0.1) is 18.1 Å². The number of aryl methyl sites for hydroxylation is 1. The van der Waals surface area contributed by atoms with E-state index in [1.165, 1.54) is 12.1 Å². The molecule has 0 aliphatic carbocycles. The van der Waals surface area contributed by atoms with Crippen molar-refractivity contribution in [1.82, 2.24) is 20.4 Å². The maximum Gasteiger partial charge on any atom is 0.387 e. The predicted molar refractivity (Wildman–Crippen MR) is 143 cm³/mol. The average molecular weight is 521 g/mol. The molecule has 2 aromatic carbocycles. The zero-order valence-corrected chi connectivity index (χ0v) is 21.2. The normalized spacial score (nSPS) is 17.3. The van der Waals surface area contributed by atoms with Crippen LogP contribution >= 0.6 is 0 Å². The SMILES string of the molecule is CNC1CCN(C(=O)c2ccc(NC3=C4C=NC=C(c5ccc(OC(F)F)cc5)N4C=CN3)cc2C)CC1. The molecule has 0 aromatic heterocycles. The van der Waals surface area contributed by atoms with Crippen LogP contribution in [0, 0.1) is 6.92 Å². The molecule has 0 radical (unpaired) electrons. The van der Waals surface area contributed by atoms with E-state index in [1.807, 2.05) is 48.2 Å². The van der Waals surface area contributed by atoms with Gasteiger partial charge in [0.2, 0.25) is 0 Å². The van der Waals surface area contributed by atoms with Gasteiger partial charge in [-0.15, -0.1) is 0 Å². The number of anilines is 1. The highest BCUT2D eigenvalue weighted by molar-refractivity contribution is 5.96. The number of nitrogens with zero attached hydrogens (tertiary/aromatic N) is 3. The number of alkyl halides is 2. The van der Waals surface area contributed by atoms with Crippen molar-refractivity contribution in [2.75, 3.05) is 25.5 Å². The molecule has 0 bridgehead atoms. The minimum absolute atomic E-state index is 0.0645. The summed E-state index contributed by atoms with van der Waals surface area (Å²) in [6.07, 6.45) is 9.02. The molecule has 1 saturated heterocycles. The summed E-state index contributed by atoms with van der Waals surface area (Å²) in [5.41, 5.74) is 4.79. The number of ether oxygens (including phenoxy) is 1. The first-order valence-corrected chi connectivity index (χ1v) is 12.5. The molecule has 2 aromatic rings. The van der Waals surface area contributed by atoms with Crippen LogP contribution in [0.5, 0.6) is 5.75 Å². The lowest BCUT2D eigenvalue weighted by molar-refractivity contribution is -0.0498. The fraction of sp³-hybridized carbons (Fsp3) is 0.286. The molecule has 0 atom stereocenters. The molecule has 3 N–H and O–H groups in total. The first-order valence-electron chi connectivity index (χ1n) is 12.5. The standard InChI is InChI=1S/C28H30F2N6O2/c1-18-15-21(5-8-23(18)27(37)35-12-9-20(31-2)10-13-35)34-26-25-17-32-16-24(36(25)14-11-33-26)19-3-6-22(7-4-19)38-28(29)30/h3-8,11,14-17,20,28,31,33-34H,9-10,12-13H2,1-2H3. The molecule has 0 saturated carbocycles. The van der Waals surface area contributed by atoms with E-state index in [-0.39, 0.29) is 11.7 Å². The monoisotopic (exact) mass is 520 g/mol. The van der Waals surface area contributed by atoms with Crippen LogP contribution in [-0.4, -0.2) is 54.7 Å². The largest absolute Gasteiger partial charge is 0.435 e. The first-order chi connectivity index (χ1) is 18.4. The van der Waals surface area contributed by atoms with Gasteiger partial charge in [0, 0.05) is 48.3 Å². The fourth-order valence-corrected chi connectivity index (χ4v) is 4.84. The molecule has 5 rings (SSSR count). The van der Waals surface area contributed by atoms with Gasteiger partial charge in [-0.2, -0.15) is 8.78 Å². The van der Waals surface area contributed by atoms with Crippen LogP contribution in [0.4, 0.5) is 14.5 Å². The second-order valence-electron chi connectivity index (χ2n) is 9.30. The van der Waals surface area contributed by atoms with Gasteiger partial charge in [0.25, 0.3) is 5.91 Å². The number of carbonyl (C=O) groups is 1. The van der Waals surface area contributed by atoms with Crippen LogP contribution in [0.2, 0.25) is 0 Å². The highest BCUT2D eigenvalue weighted by atomic mass is 19.3. The third kappa shape index (κ3) is 5.40. The van der Waals surface area contributed by atoms with Crippen molar-refractivity contribution in [2.45, 2.75) is 32.4 Å². The van der Waals surface area contributed by atoms with Crippen LogP contribution < -0.4 is 20.7 Å². The zero-order chi connectivity index (χ0) is 26.6. The van der Waals surface area contributed by atoms with E-state index >= 15 is 0 Å². The predicted octanol–water partition coefficient (Wildman–Crippen LogP) is 4.46. The molecule has 0 spiro atoms. The number of allylic oxidation sites excluding steroid dienone is 1. The number of fused-ring (bicyclic) bond motifs is 1. The molecule has 0 unspecified atom stereocenters. The van der Waals surface area contributed by atoms with Gasteiger partial charge in [-0.25, -0.2) is 0 Å². The van der Waals surface area contributed by atoms with Gasteiger partial charge >= 0.3 is 6.61 Å². The van der Waals surface area contributed by atoms with Crippen LogP contribution in [0.1, 0.15) is 34.3 Å². The molecule has 1 amide bonds. The Kier molecular flexibility index (Phi) is 7.41. The van der Waals surface area contributed by atoms with Gasteiger partial charge in [-0.05, 0) is 74.8 Å². The Morgan fingerprint density at radius 2 is 1.92 bits per heavy atom. The molecule has 8 nitrogen and oxygen atoms in total. The number of carbonyl (C=O) groups excluding carboxylic acids is 1. The van der Waals surface area contributed by atoms with Crippen LogP contribution in [0.15, 0.2) is 77.6 Å². The first kappa shape index (κ1) is 25.5. The average Bonchev–Trinajstić information content (AvgIpc) is 2.93. The molecule has 3 aliphatic rings. The maximum absolute atomic E-state index is 13.1. The number of amides is 1. The Balaban J connectivity index is 1.31. The Hall–Kier alpha value is -4.18. The topological polar surface area (TPSA) is 81.2 Å². The van der Waals surface area contributed by atoms with Crippen LogP contribution in [0.3, 0.4) is 0 Å². The van der Waals surface area contributed by atoms with Gasteiger partial charge < -0.3 is 30.5 Å². The summed E-state index contributed by atoms with van der Waals surface area (Å²) < 4.78 is 29.5. The highest BCUT2D eigenvalue weighted by Gasteiger charge is 2.25. The quantitative estimate of drug-likeness (QED) is 0.500. The van der Waals surface area contributed by atoms with Crippen LogP contribution in [-0.2, 0) is 0 Å². The Morgan fingerprint density at radius 3 is 2.61 bits per heavy atom. The summed E-state index contributed by atoms with van der Waals surface area (Å²) in [4.78, 5) is 21.4. The maximum atomic E-state index is 13.1. The lowest BCUT2D eigenvalue weighted by Crippen LogP contribution is -2.44. The minimum atomic E-state index is -2.87. The van der Waals surface area contributed by atoms with Crippen molar-refractivity contribution in [3.05, 3.63) is 89.3 Å². The van der Waals surface area contributed by atoms with Gasteiger partial charge in [-0.1, -0.05) is 0 Å². The summed E-state index contributed by atoms with van der Waals surface area (Å²) >= 11 is 0. The number of hydrogen-bond acceptors (Lipinski definition) is 7. The minimum Gasteiger partial charge on any atom is -0.435 e. The van der Waals surface area contributed by atoms with E-state index in [9.17, 15) is 13.6 Å². The molecule has 38 heavy (non-hydrogen) atoms. The Bertz CT molecular complexity index is 1310. The molecule has 198 valence electrons. The second-order valence-corrected chi connectivity index (χ2v) is 9.30. The van der Waals surface area contributed by atoms with Crippen molar-refractivity contribution in [2.24, 2.45) is 4.99 Å². The second kappa shape index (κ2) is 11.1. The Labute approximate surface area is 220 Å². The number of benzene rings is 2. The number of likely N-dealkylation sites (tertiary alicyclic amines) is 1. The molecule has 10 heteroatoms. The number of piperidine rings is 1. The number of halogens is 2. The van der Waals surface area contributed by atoms with E-state index in [0.717, 1.165) is 54.1 Å². The molecular weight excluding hydrogens is 490 g/mol. The fourth-order valence-electron chi connectivity index (χ4n) is 4.84. The van der Waals surface area contributed by atoms with Crippen molar-refractivity contribution < 1.29 is 18.3 Å². The number of nitrogens with one attached hydrogen (secondary N) is 3. The number of rotatable bonds is 7. The van der Waals surface area contributed by atoms with E-state index < -0.39 is 6.61 Å². The van der Waals surface area contributed by atoms with Crippen molar-refractivity contribution in [1.29, 1.82) is 0 Å². The van der Waals surface area contributed by atoms with Crippen LogP contribution in [0.25, 0.3) is 5.70 Å². The van der Waals surface area contributed by atoms with E-state index in [2.05, 4.69) is 25.7 Å². The molecule has 3 heterocycles. The lowest BCUT2D eigenvalue weighted by Gasteiger charge is -2.32. The Morgan fingerprint density at radius 1 is 1.16 bits per heavy atom. The van der Waals surface area contributed by atoms with E-state index in [4.69, 9.17) is 0 Å². The lowest BCUT2D eigenvalue weighted by atomic mass is 10.0. The van der Waals surface area contributed by atoms with Gasteiger partial charge in [0.15, 0.2) is 0 Å². The smallest absolute Gasteiger partial charge is 0.387 e. The van der Waals surface area contributed by atoms with Crippen molar-refractivity contribution in [3.8, 4) is 5.75 Å². The summed E-state index contributed by atoms with van der Waals surface area (Å²) in [7, 11) is 1.96. The molecule has 1 fully saturated rings. The zero-order valence-electron chi connectivity index (χ0n) is 21.2. The molecule has 3 aliphatic heterocycles. The third-order valence-electron chi connectivity index (χ3n) is 6.91. The van der Waals surface area contributed by atoms with Gasteiger partial charge in [0.1, 0.15) is 17.3 Å². The van der Waals surface area contributed by atoms with Crippen molar-refractivity contribution in [3.63, 3.8) is 0 Å². The van der Waals surface area contributed by atoms with Crippen molar-refractivity contribution >= 4 is 23.5 Å². The molecular formula is C28H30F2N6O2. The third-order valence-corrected chi connectivity index (χ3v) is 6.91. The highest BCUT2D eigenvalue weighted by Crippen LogP contribution is 2.31. The summed E-state index contributed by atoms with van der Waals surface area (Å²) in [5.74, 6) is 0.874. The summed E-state index contributed by atoms with van der Waals surface area (Å²) in [6, 6.07) is 12.6. The summed E-state index contributed by atoms with van der Waals surface area (Å²) in [5, 5.41) is 9.93. The van der Waals surface area contributed by atoms with Gasteiger partial charge in [-0.3, -0.25) is 9.79 Å². The van der Waals surface area contributed by atoms with E-state index in [1.54, 1.807) is 30.7 Å².